The summed E-state index contributed by atoms with van der Waals surface area (Å²) in [5.41, 5.74) is -1.29. The van der Waals surface area contributed by atoms with Gasteiger partial charge in [-0.1, -0.05) is 6.08 Å². The fourth-order valence-electron chi connectivity index (χ4n) is 2.54. The van der Waals surface area contributed by atoms with E-state index in [0.29, 0.717) is 11.3 Å². The molecule has 0 N–H and O–H groups in total. The lowest BCUT2D eigenvalue weighted by Crippen LogP contribution is -2.47. The average molecular weight is 304 g/mol. The van der Waals surface area contributed by atoms with Crippen LogP contribution in [-0.4, -0.2) is 31.8 Å². The van der Waals surface area contributed by atoms with Crippen molar-refractivity contribution in [3.05, 3.63) is 29.3 Å². The molecule has 0 bridgehead atoms. The van der Waals surface area contributed by atoms with Crippen molar-refractivity contribution in [2.75, 3.05) is 14.2 Å². The highest BCUT2D eigenvalue weighted by Gasteiger charge is 2.52. The Morgan fingerprint density at radius 1 is 1.05 bits per heavy atom. The van der Waals surface area contributed by atoms with E-state index < -0.39 is 23.1 Å². The molecule has 0 spiro atoms. The van der Waals surface area contributed by atoms with E-state index in [4.69, 9.17) is 14.2 Å². The minimum atomic E-state index is -2.02. The van der Waals surface area contributed by atoms with Gasteiger partial charge < -0.3 is 14.2 Å². The van der Waals surface area contributed by atoms with Crippen molar-refractivity contribution in [1.29, 1.82) is 0 Å². The normalized spacial score (nSPS) is 19.4. The molecule has 0 heterocycles. The van der Waals surface area contributed by atoms with Gasteiger partial charge in [0.15, 0.2) is 5.78 Å². The van der Waals surface area contributed by atoms with Crippen molar-refractivity contribution in [3.8, 4) is 11.5 Å². The molecule has 1 aromatic rings. The number of fused-ring (bicyclic) bond motifs is 1. The molecule has 6 heteroatoms. The van der Waals surface area contributed by atoms with Gasteiger partial charge in [0, 0.05) is 13.0 Å². The Balaban J connectivity index is 2.84. The van der Waals surface area contributed by atoms with E-state index in [-0.39, 0.29) is 11.3 Å². The number of carbonyl (C=O) groups excluding carboxylic acids is 3. The molecular formula is C16H16O6. The highest BCUT2D eigenvalue weighted by atomic mass is 16.6. The Morgan fingerprint density at radius 3 is 2.23 bits per heavy atom. The summed E-state index contributed by atoms with van der Waals surface area (Å²) in [6.07, 6.45) is 2.75. The maximum atomic E-state index is 12.4. The minimum Gasteiger partial charge on any atom is -0.497 e. The summed E-state index contributed by atoms with van der Waals surface area (Å²) in [7, 11) is 2.89. The monoisotopic (exact) mass is 304 g/mol. The molecule has 22 heavy (non-hydrogen) atoms. The van der Waals surface area contributed by atoms with Crippen LogP contribution in [0, 0.1) is 0 Å². The van der Waals surface area contributed by atoms with Crippen molar-refractivity contribution in [2.24, 2.45) is 0 Å². The van der Waals surface area contributed by atoms with Gasteiger partial charge in [0.25, 0.3) is 5.60 Å². The molecule has 0 aromatic heterocycles. The van der Waals surface area contributed by atoms with Crippen LogP contribution in [0.3, 0.4) is 0 Å². The Labute approximate surface area is 127 Å². The number of hydrogen-bond acceptors (Lipinski definition) is 6. The van der Waals surface area contributed by atoms with Crippen LogP contribution >= 0.6 is 0 Å². The topological polar surface area (TPSA) is 78.9 Å². The lowest BCUT2D eigenvalue weighted by molar-refractivity contribution is -0.171. The van der Waals surface area contributed by atoms with Crippen molar-refractivity contribution in [1.82, 2.24) is 0 Å². The third kappa shape index (κ3) is 2.26. The van der Waals surface area contributed by atoms with Crippen LogP contribution in [0.15, 0.2) is 18.2 Å². The highest BCUT2D eigenvalue weighted by molar-refractivity contribution is 6.19. The van der Waals surface area contributed by atoms with Crippen molar-refractivity contribution < 1.29 is 28.6 Å². The molecule has 0 saturated heterocycles. The highest BCUT2D eigenvalue weighted by Crippen LogP contribution is 2.43. The number of esters is 1. The second kappa shape index (κ2) is 5.63. The molecular weight excluding hydrogens is 288 g/mol. The maximum Gasteiger partial charge on any atom is 0.304 e. The zero-order chi connectivity index (χ0) is 16.5. The molecule has 1 aromatic carbocycles. The van der Waals surface area contributed by atoms with Crippen molar-refractivity contribution in [3.63, 3.8) is 0 Å². The maximum absolute atomic E-state index is 12.4. The summed E-state index contributed by atoms with van der Waals surface area (Å²) in [5.74, 6) is -1.21. The number of Topliss-reactive ketones (excluding diaryl/α,β-unsaturated/α-hetero) is 1. The Bertz CT molecular complexity index is 688. The molecule has 0 aliphatic heterocycles. The van der Waals surface area contributed by atoms with Gasteiger partial charge in [-0.15, -0.1) is 0 Å². The van der Waals surface area contributed by atoms with Gasteiger partial charge >= 0.3 is 5.97 Å². The predicted molar refractivity (Wildman–Crippen MR) is 77.7 cm³/mol. The first-order chi connectivity index (χ1) is 10.4. The molecule has 6 nitrogen and oxygen atoms in total. The molecule has 0 fully saturated rings. The first-order valence-corrected chi connectivity index (χ1v) is 6.56. The van der Waals surface area contributed by atoms with Gasteiger partial charge in [-0.25, -0.2) is 0 Å². The fraction of sp³-hybridized carbons (Fsp3) is 0.312. The predicted octanol–water partition coefficient (Wildman–Crippen LogP) is 1.65. The molecule has 1 aliphatic carbocycles. The van der Waals surface area contributed by atoms with Gasteiger partial charge in [0.1, 0.15) is 11.5 Å². The minimum absolute atomic E-state index is 0.214. The number of ketones is 2. The van der Waals surface area contributed by atoms with E-state index in [1.807, 2.05) is 0 Å². The summed E-state index contributed by atoms with van der Waals surface area (Å²) >= 11 is 0. The van der Waals surface area contributed by atoms with E-state index in [0.717, 1.165) is 6.92 Å². The molecule has 1 unspecified atom stereocenters. The van der Waals surface area contributed by atoms with Crippen LogP contribution in [0.1, 0.15) is 25.0 Å². The number of benzene rings is 1. The van der Waals surface area contributed by atoms with Crippen molar-refractivity contribution in [2.45, 2.75) is 19.4 Å². The lowest BCUT2D eigenvalue weighted by atomic mass is 9.78. The van der Waals surface area contributed by atoms with E-state index >= 15 is 0 Å². The van der Waals surface area contributed by atoms with Gasteiger partial charge in [-0.2, -0.15) is 0 Å². The number of ether oxygens (including phenoxy) is 3. The van der Waals surface area contributed by atoms with Gasteiger partial charge in [-0.3, -0.25) is 14.4 Å². The molecule has 1 aliphatic rings. The molecule has 0 radical (unpaired) electrons. The van der Waals surface area contributed by atoms with Gasteiger partial charge in [0.05, 0.1) is 19.8 Å². The van der Waals surface area contributed by atoms with Crippen LogP contribution in [0.4, 0.5) is 0 Å². The average Bonchev–Trinajstić information content (AvgIpc) is 2.48. The quantitative estimate of drug-likeness (QED) is 0.621. The van der Waals surface area contributed by atoms with Gasteiger partial charge in [-0.05, 0) is 24.6 Å². The summed E-state index contributed by atoms with van der Waals surface area (Å²) in [6, 6.07) is 3.18. The number of methoxy groups -OCH3 is 2. The smallest absolute Gasteiger partial charge is 0.304 e. The number of rotatable bonds is 4. The van der Waals surface area contributed by atoms with E-state index in [9.17, 15) is 14.4 Å². The summed E-state index contributed by atoms with van der Waals surface area (Å²) in [5, 5.41) is 0. The van der Waals surface area contributed by atoms with E-state index in [1.54, 1.807) is 6.07 Å². The summed E-state index contributed by atoms with van der Waals surface area (Å²) < 4.78 is 15.6. The van der Waals surface area contributed by atoms with Crippen molar-refractivity contribution >= 4 is 23.6 Å². The SMILES string of the molecule is COc1cc2c(c(OC)c1)C(OC(C)=O)(C(C)=O)C(=O)C=C2. The van der Waals surface area contributed by atoms with Crippen LogP contribution in [0.5, 0.6) is 11.5 Å². The third-order valence-electron chi connectivity index (χ3n) is 3.47. The Kier molecular flexibility index (Phi) is 4.03. The number of carbonyl (C=O) groups is 3. The van der Waals surface area contributed by atoms with Crippen LogP contribution in [-0.2, 0) is 24.7 Å². The van der Waals surface area contributed by atoms with E-state index in [2.05, 4.69) is 0 Å². The summed E-state index contributed by atoms with van der Waals surface area (Å²) in [4.78, 5) is 36.1. The first kappa shape index (κ1) is 15.8. The fourth-order valence-corrected chi connectivity index (χ4v) is 2.54. The Hall–Kier alpha value is -2.63. The second-order valence-electron chi connectivity index (χ2n) is 4.82. The first-order valence-electron chi connectivity index (χ1n) is 6.56. The molecule has 2 rings (SSSR count). The van der Waals surface area contributed by atoms with Gasteiger partial charge in [0.2, 0.25) is 5.78 Å². The Morgan fingerprint density at radius 2 is 1.73 bits per heavy atom. The summed E-state index contributed by atoms with van der Waals surface area (Å²) in [6.45, 7) is 2.35. The standard InChI is InChI=1S/C16H16O6/c1-9(17)16(22-10(2)18)14(19)6-5-11-7-12(20-3)8-13(21-4)15(11)16/h5-8H,1-4H3. The molecule has 0 saturated carbocycles. The zero-order valence-corrected chi connectivity index (χ0v) is 12.8. The third-order valence-corrected chi connectivity index (χ3v) is 3.47. The second-order valence-corrected chi connectivity index (χ2v) is 4.82. The van der Waals surface area contributed by atoms with E-state index in [1.165, 1.54) is 39.4 Å². The van der Waals surface area contributed by atoms with Crippen LogP contribution in [0.25, 0.3) is 6.08 Å². The molecule has 116 valence electrons. The lowest BCUT2D eigenvalue weighted by Gasteiger charge is -2.33. The van der Waals surface area contributed by atoms with Crippen LogP contribution in [0.2, 0.25) is 0 Å². The zero-order valence-electron chi connectivity index (χ0n) is 12.8. The van der Waals surface area contributed by atoms with Crippen LogP contribution < -0.4 is 9.47 Å². The molecule has 0 amide bonds. The molecule has 1 atom stereocenters. The largest absolute Gasteiger partial charge is 0.497 e. The number of hydrogen-bond donors (Lipinski definition) is 0.